The summed E-state index contributed by atoms with van der Waals surface area (Å²) in [6.07, 6.45) is 11.8. The zero-order chi connectivity index (χ0) is 14.8. The molecule has 0 aromatic rings. The highest BCUT2D eigenvalue weighted by molar-refractivity contribution is 5.71. The van der Waals surface area contributed by atoms with Crippen molar-refractivity contribution in [3.63, 3.8) is 0 Å². The van der Waals surface area contributed by atoms with Gasteiger partial charge in [-0.2, -0.15) is 0 Å². The molecule has 0 aromatic carbocycles. The Bertz CT molecular complexity index is 282. The average Bonchev–Trinajstić information content (AvgIpc) is 2.32. The molecule has 0 aromatic heterocycles. The van der Waals surface area contributed by atoms with Gasteiger partial charge in [0.1, 0.15) is 0 Å². The molecule has 2 N–H and O–H groups in total. The van der Waals surface area contributed by atoms with Gasteiger partial charge in [0.2, 0.25) is 0 Å². The van der Waals surface area contributed by atoms with Crippen molar-refractivity contribution >= 4 is 11.9 Å². The van der Waals surface area contributed by atoms with Gasteiger partial charge < -0.3 is 10.2 Å². The highest BCUT2D eigenvalue weighted by Gasteiger charge is 2.34. The van der Waals surface area contributed by atoms with Crippen LogP contribution in [-0.4, -0.2) is 22.2 Å². The zero-order valence-corrected chi connectivity index (χ0v) is 12.4. The molecule has 1 aliphatic rings. The van der Waals surface area contributed by atoms with Gasteiger partial charge in [-0.1, -0.05) is 57.8 Å². The van der Waals surface area contributed by atoms with Crippen LogP contribution in [-0.2, 0) is 9.59 Å². The van der Waals surface area contributed by atoms with Gasteiger partial charge in [-0.25, -0.2) is 0 Å². The molecule has 0 amide bonds. The first-order chi connectivity index (χ1) is 9.54. The normalized spacial score (nSPS) is 21.4. The SMILES string of the molecule is O=C(O)CC1(CC(=O)O)CCCCCCCCCCC1. The molecule has 116 valence electrons. The summed E-state index contributed by atoms with van der Waals surface area (Å²) >= 11 is 0. The maximum Gasteiger partial charge on any atom is 0.303 e. The van der Waals surface area contributed by atoms with E-state index < -0.39 is 17.4 Å². The lowest BCUT2D eigenvalue weighted by Crippen LogP contribution is -2.28. The summed E-state index contributed by atoms with van der Waals surface area (Å²) in [6.45, 7) is 0. The monoisotopic (exact) mass is 284 g/mol. The van der Waals surface area contributed by atoms with Crippen LogP contribution in [0.15, 0.2) is 0 Å². The second-order valence-electron chi connectivity index (χ2n) is 6.32. The maximum atomic E-state index is 11.1. The van der Waals surface area contributed by atoms with Gasteiger partial charge in [0.15, 0.2) is 0 Å². The summed E-state index contributed by atoms with van der Waals surface area (Å²) < 4.78 is 0. The molecule has 20 heavy (non-hydrogen) atoms. The van der Waals surface area contributed by atoms with Crippen molar-refractivity contribution in [2.75, 3.05) is 0 Å². The summed E-state index contributed by atoms with van der Waals surface area (Å²) in [6, 6.07) is 0. The highest BCUT2D eigenvalue weighted by atomic mass is 16.4. The van der Waals surface area contributed by atoms with Crippen LogP contribution < -0.4 is 0 Å². The van der Waals surface area contributed by atoms with E-state index in [9.17, 15) is 9.59 Å². The molecule has 0 spiro atoms. The third kappa shape index (κ3) is 6.92. The largest absolute Gasteiger partial charge is 0.481 e. The van der Waals surface area contributed by atoms with Crippen LogP contribution in [0.5, 0.6) is 0 Å². The molecule has 4 nitrogen and oxygen atoms in total. The van der Waals surface area contributed by atoms with Gasteiger partial charge in [0.05, 0.1) is 12.8 Å². The van der Waals surface area contributed by atoms with E-state index in [1.165, 1.54) is 32.1 Å². The summed E-state index contributed by atoms with van der Waals surface area (Å²) in [4.78, 5) is 22.3. The van der Waals surface area contributed by atoms with Gasteiger partial charge in [0.25, 0.3) is 0 Å². The fraction of sp³-hybridized carbons (Fsp3) is 0.875. The number of hydrogen-bond acceptors (Lipinski definition) is 2. The van der Waals surface area contributed by atoms with E-state index >= 15 is 0 Å². The van der Waals surface area contributed by atoms with E-state index in [1.807, 2.05) is 0 Å². The Hall–Kier alpha value is -1.06. The molecule has 0 heterocycles. The van der Waals surface area contributed by atoms with Crippen LogP contribution in [0, 0.1) is 5.41 Å². The molecular formula is C16H28O4. The van der Waals surface area contributed by atoms with E-state index in [1.54, 1.807) is 0 Å². The van der Waals surface area contributed by atoms with Crippen molar-refractivity contribution in [3.8, 4) is 0 Å². The van der Waals surface area contributed by atoms with Crippen LogP contribution in [0.25, 0.3) is 0 Å². The summed E-state index contributed by atoms with van der Waals surface area (Å²) in [7, 11) is 0. The minimum Gasteiger partial charge on any atom is -0.481 e. The molecule has 0 aliphatic heterocycles. The first kappa shape index (κ1) is 17.0. The predicted molar refractivity (Wildman–Crippen MR) is 77.7 cm³/mol. The Morgan fingerprint density at radius 1 is 0.650 bits per heavy atom. The first-order valence-corrected chi connectivity index (χ1v) is 7.98. The second kappa shape index (κ2) is 8.98. The number of hydrogen-bond donors (Lipinski definition) is 2. The second-order valence-corrected chi connectivity index (χ2v) is 6.32. The molecule has 0 radical (unpaired) electrons. The third-order valence-electron chi connectivity index (χ3n) is 4.47. The standard InChI is InChI=1S/C16H28O4/c17-14(18)12-16(13-15(19)20)10-8-6-4-2-1-3-5-7-9-11-16/h1-13H2,(H,17,18)(H,19,20). The average molecular weight is 284 g/mol. The third-order valence-corrected chi connectivity index (χ3v) is 4.47. The summed E-state index contributed by atoms with van der Waals surface area (Å²) in [5.74, 6) is -1.73. The predicted octanol–water partition coefficient (Wildman–Crippen LogP) is 4.23. The minimum atomic E-state index is -0.863. The lowest BCUT2D eigenvalue weighted by atomic mass is 9.72. The minimum absolute atomic E-state index is 0.000694. The first-order valence-electron chi connectivity index (χ1n) is 7.98. The maximum absolute atomic E-state index is 11.1. The number of aliphatic carboxylic acids is 2. The fourth-order valence-electron chi connectivity index (χ4n) is 3.42. The molecular weight excluding hydrogens is 256 g/mol. The number of carboxylic acids is 2. The lowest BCUT2D eigenvalue weighted by molar-refractivity contribution is -0.144. The van der Waals surface area contributed by atoms with Gasteiger partial charge >= 0.3 is 11.9 Å². The molecule has 0 bridgehead atoms. The van der Waals surface area contributed by atoms with Crippen molar-refractivity contribution < 1.29 is 19.8 Å². The Labute approximate surface area is 121 Å². The van der Waals surface area contributed by atoms with Crippen molar-refractivity contribution in [2.24, 2.45) is 5.41 Å². The quantitative estimate of drug-likeness (QED) is 0.810. The molecule has 1 aliphatic carbocycles. The van der Waals surface area contributed by atoms with Crippen molar-refractivity contribution in [2.45, 2.75) is 83.5 Å². The van der Waals surface area contributed by atoms with E-state index in [-0.39, 0.29) is 12.8 Å². The molecule has 1 fully saturated rings. The molecule has 1 saturated carbocycles. The zero-order valence-electron chi connectivity index (χ0n) is 12.4. The lowest BCUT2D eigenvalue weighted by Gasteiger charge is -2.31. The van der Waals surface area contributed by atoms with Gasteiger partial charge in [-0.3, -0.25) is 9.59 Å². The van der Waals surface area contributed by atoms with Crippen molar-refractivity contribution in [3.05, 3.63) is 0 Å². The number of carbonyl (C=O) groups is 2. The number of carboxylic acid groups (broad SMARTS) is 2. The molecule has 0 unspecified atom stereocenters. The van der Waals surface area contributed by atoms with E-state index in [4.69, 9.17) is 10.2 Å². The Morgan fingerprint density at radius 3 is 1.25 bits per heavy atom. The Kier molecular flexibility index (Phi) is 7.63. The van der Waals surface area contributed by atoms with E-state index in [2.05, 4.69) is 0 Å². The fourth-order valence-corrected chi connectivity index (χ4v) is 3.42. The highest BCUT2D eigenvalue weighted by Crippen LogP contribution is 2.39. The van der Waals surface area contributed by atoms with Gasteiger partial charge in [-0.05, 0) is 18.3 Å². The van der Waals surface area contributed by atoms with Gasteiger partial charge in [-0.15, -0.1) is 0 Å². The van der Waals surface area contributed by atoms with Crippen LogP contribution in [0.4, 0.5) is 0 Å². The van der Waals surface area contributed by atoms with Crippen LogP contribution in [0.3, 0.4) is 0 Å². The van der Waals surface area contributed by atoms with Gasteiger partial charge in [0, 0.05) is 0 Å². The molecule has 4 heteroatoms. The van der Waals surface area contributed by atoms with E-state index in [0.717, 1.165) is 38.5 Å². The van der Waals surface area contributed by atoms with Crippen LogP contribution in [0.1, 0.15) is 83.5 Å². The number of rotatable bonds is 4. The summed E-state index contributed by atoms with van der Waals surface area (Å²) in [5, 5.41) is 18.3. The molecule has 0 saturated heterocycles. The molecule has 1 rings (SSSR count). The van der Waals surface area contributed by atoms with Crippen LogP contribution >= 0.6 is 0 Å². The van der Waals surface area contributed by atoms with Crippen molar-refractivity contribution in [1.82, 2.24) is 0 Å². The molecule has 0 atom stereocenters. The Morgan fingerprint density at radius 2 is 0.950 bits per heavy atom. The van der Waals surface area contributed by atoms with Crippen molar-refractivity contribution in [1.29, 1.82) is 0 Å². The van der Waals surface area contributed by atoms with Crippen LogP contribution in [0.2, 0.25) is 0 Å². The smallest absolute Gasteiger partial charge is 0.303 e. The summed E-state index contributed by atoms with van der Waals surface area (Å²) in [5.41, 5.74) is -0.531. The topological polar surface area (TPSA) is 74.6 Å². The Balaban J connectivity index is 2.70. The van der Waals surface area contributed by atoms with E-state index in [0.29, 0.717) is 0 Å².